The first-order valence-electron chi connectivity index (χ1n) is 13.5. The van der Waals surface area contributed by atoms with E-state index in [-0.39, 0.29) is 18.5 Å². The number of nitrogens with zero attached hydrogens (tertiary/aromatic N) is 2. The summed E-state index contributed by atoms with van der Waals surface area (Å²) >= 11 is 0. The molecule has 1 aromatic heterocycles. The number of nitrogens with one attached hydrogen (secondary N) is 1. The smallest absolute Gasteiger partial charge is 0.322 e. The minimum atomic E-state index is -0.281. The molecule has 0 saturated carbocycles. The topological polar surface area (TPSA) is 84.2 Å². The van der Waals surface area contributed by atoms with E-state index in [1.807, 2.05) is 68.4 Å². The molecule has 0 radical (unpaired) electrons. The van der Waals surface area contributed by atoms with E-state index in [2.05, 4.69) is 12.2 Å². The molecular formula is C31H41N3O5. The Morgan fingerprint density at radius 1 is 0.872 bits per heavy atom. The summed E-state index contributed by atoms with van der Waals surface area (Å²) < 4.78 is 16.6. The number of aryl methyl sites for hydroxylation is 2. The molecule has 0 aliphatic heterocycles. The molecule has 0 bridgehead atoms. The molecule has 39 heavy (non-hydrogen) atoms. The second-order valence-corrected chi connectivity index (χ2v) is 9.69. The number of ether oxygens (including phenoxy) is 2. The van der Waals surface area contributed by atoms with Gasteiger partial charge in [-0.3, -0.25) is 4.79 Å². The summed E-state index contributed by atoms with van der Waals surface area (Å²) in [6, 6.07) is 16.9. The van der Waals surface area contributed by atoms with Crippen molar-refractivity contribution in [2.24, 2.45) is 0 Å². The number of unbranched alkanes of at least 4 members (excludes halogenated alkanes) is 2. The van der Waals surface area contributed by atoms with E-state index in [0.29, 0.717) is 49.0 Å². The number of hydrogen-bond acceptors (Lipinski definition) is 5. The predicted octanol–water partition coefficient (Wildman–Crippen LogP) is 6.21. The van der Waals surface area contributed by atoms with Gasteiger partial charge in [-0.1, -0.05) is 43.5 Å². The highest BCUT2D eigenvalue weighted by atomic mass is 16.5. The molecule has 3 rings (SSSR count). The van der Waals surface area contributed by atoms with Gasteiger partial charge in [-0.25, -0.2) is 4.79 Å². The molecule has 3 amide bonds. The van der Waals surface area contributed by atoms with Gasteiger partial charge in [0.15, 0.2) is 11.5 Å². The van der Waals surface area contributed by atoms with Gasteiger partial charge in [-0.2, -0.15) is 0 Å². The summed E-state index contributed by atoms with van der Waals surface area (Å²) in [5, 5.41) is 2.95. The van der Waals surface area contributed by atoms with Crippen LogP contribution in [-0.2, 0) is 17.8 Å². The number of anilines is 1. The summed E-state index contributed by atoms with van der Waals surface area (Å²) in [6.45, 7) is 7.25. The SMILES string of the molecule is CCCCCN(CC(=O)N(CCc1ccc(OC)c(OC)c1)Cc1ccc(C)o1)C(=O)Nc1ccc(C)cc1. The number of carbonyl (C=O) groups excluding carboxylic acids is 2. The van der Waals surface area contributed by atoms with Crippen LogP contribution in [-0.4, -0.2) is 55.6 Å². The van der Waals surface area contributed by atoms with Gasteiger partial charge in [0.2, 0.25) is 5.91 Å². The van der Waals surface area contributed by atoms with Crippen molar-refractivity contribution in [1.82, 2.24) is 9.80 Å². The number of hydrogen-bond donors (Lipinski definition) is 1. The molecule has 0 atom stereocenters. The lowest BCUT2D eigenvalue weighted by atomic mass is 10.1. The fraction of sp³-hybridized carbons (Fsp3) is 0.419. The molecule has 0 fully saturated rings. The number of rotatable bonds is 14. The number of urea groups is 1. The zero-order valence-electron chi connectivity index (χ0n) is 23.8. The van der Waals surface area contributed by atoms with Gasteiger partial charge in [-0.05, 0) is 68.7 Å². The number of furan rings is 1. The van der Waals surface area contributed by atoms with E-state index in [1.54, 1.807) is 24.0 Å². The third-order valence-corrected chi connectivity index (χ3v) is 6.56. The van der Waals surface area contributed by atoms with Crippen molar-refractivity contribution in [2.75, 3.05) is 39.2 Å². The van der Waals surface area contributed by atoms with E-state index in [0.717, 1.165) is 36.1 Å². The number of carbonyl (C=O) groups is 2. The molecule has 0 spiro atoms. The van der Waals surface area contributed by atoms with E-state index in [1.165, 1.54) is 0 Å². The molecule has 0 aliphatic rings. The van der Waals surface area contributed by atoms with Gasteiger partial charge >= 0.3 is 6.03 Å². The van der Waals surface area contributed by atoms with Crippen LogP contribution >= 0.6 is 0 Å². The van der Waals surface area contributed by atoms with Crippen LogP contribution in [0.1, 0.15) is 48.8 Å². The van der Waals surface area contributed by atoms with Crippen LogP contribution in [0.3, 0.4) is 0 Å². The molecule has 8 heteroatoms. The van der Waals surface area contributed by atoms with Crippen molar-refractivity contribution in [3.8, 4) is 11.5 Å². The van der Waals surface area contributed by atoms with E-state index >= 15 is 0 Å². The van der Waals surface area contributed by atoms with Gasteiger partial charge < -0.3 is 29.0 Å². The molecule has 0 aliphatic carbocycles. The van der Waals surface area contributed by atoms with Crippen LogP contribution in [0.2, 0.25) is 0 Å². The second-order valence-electron chi connectivity index (χ2n) is 9.69. The van der Waals surface area contributed by atoms with Crippen molar-refractivity contribution in [1.29, 1.82) is 0 Å². The Hall–Kier alpha value is -3.94. The number of methoxy groups -OCH3 is 2. The summed E-state index contributed by atoms with van der Waals surface area (Å²) in [5.74, 6) is 2.65. The van der Waals surface area contributed by atoms with Gasteiger partial charge in [0, 0.05) is 18.8 Å². The largest absolute Gasteiger partial charge is 0.493 e. The first-order valence-corrected chi connectivity index (χ1v) is 13.5. The second kappa shape index (κ2) is 14.9. The molecular weight excluding hydrogens is 494 g/mol. The minimum absolute atomic E-state index is 0.0208. The molecule has 0 saturated heterocycles. The molecule has 2 aromatic carbocycles. The maximum Gasteiger partial charge on any atom is 0.322 e. The van der Waals surface area contributed by atoms with Gasteiger partial charge in [0.05, 0.1) is 20.8 Å². The average Bonchev–Trinajstić information content (AvgIpc) is 3.35. The highest BCUT2D eigenvalue weighted by molar-refractivity contribution is 5.92. The molecule has 210 valence electrons. The first kappa shape index (κ1) is 29.6. The molecule has 0 unspecified atom stereocenters. The molecule has 1 heterocycles. The Balaban J connectivity index is 1.75. The Bertz CT molecular complexity index is 1210. The number of amides is 3. The van der Waals surface area contributed by atoms with Crippen LogP contribution in [0.5, 0.6) is 11.5 Å². The van der Waals surface area contributed by atoms with Crippen molar-refractivity contribution in [3.05, 3.63) is 77.2 Å². The number of benzene rings is 2. The van der Waals surface area contributed by atoms with E-state index < -0.39 is 0 Å². The Labute approximate surface area is 231 Å². The van der Waals surface area contributed by atoms with Crippen LogP contribution in [0, 0.1) is 13.8 Å². The normalized spacial score (nSPS) is 10.7. The van der Waals surface area contributed by atoms with Crippen LogP contribution in [0.4, 0.5) is 10.5 Å². The fourth-order valence-corrected chi connectivity index (χ4v) is 4.26. The maximum absolute atomic E-state index is 13.7. The summed E-state index contributed by atoms with van der Waals surface area (Å²) in [7, 11) is 3.20. The molecule has 8 nitrogen and oxygen atoms in total. The molecule has 1 N–H and O–H groups in total. The Kier molecular flexibility index (Phi) is 11.3. The average molecular weight is 536 g/mol. The van der Waals surface area contributed by atoms with Crippen molar-refractivity contribution < 1.29 is 23.5 Å². The standard InChI is InChI=1S/C31H41N3O5/c1-6-7-8-18-34(31(36)32-26-13-9-23(2)10-14-26)22-30(35)33(21-27-15-11-24(3)39-27)19-17-25-12-16-28(37-4)29(20-25)38-5/h9-16,20H,6-8,17-19,21-22H2,1-5H3,(H,32,36). The fourth-order valence-electron chi connectivity index (χ4n) is 4.26. The van der Waals surface area contributed by atoms with Crippen LogP contribution in [0.15, 0.2) is 59.0 Å². The zero-order valence-corrected chi connectivity index (χ0v) is 23.8. The van der Waals surface area contributed by atoms with Crippen molar-refractivity contribution in [3.63, 3.8) is 0 Å². The maximum atomic E-state index is 13.7. The minimum Gasteiger partial charge on any atom is -0.493 e. The first-order chi connectivity index (χ1) is 18.8. The van der Waals surface area contributed by atoms with Gasteiger partial charge in [0.1, 0.15) is 18.1 Å². The Morgan fingerprint density at radius 2 is 1.62 bits per heavy atom. The summed E-state index contributed by atoms with van der Waals surface area (Å²) in [5.41, 5.74) is 2.83. The lowest BCUT2D eigenvalue weighted by Gasteiger charge is -2.27. The lowest BCUT2D eigenvalue weighted by molar-refractivity contribution is -0.132. The third-order valence-electron chi connectivity index (χ3n) is 6.56. The van der Waals surface area contributed by atoms with E-state index in [4.69, 9.17) is 13.9 Å². The van der Waals surface area contributed by atoms with Gasteiger partial charge in [-0.15, -0.1) is 0 Å². The lowest BCUT2D eigenvalue weighted by Crippen LogP contribution is -2.45. The molecule has 3 aromatic rings. The summed E-state index contributed by atoms with van der Waals surface area (Å²) in [4.78, 5) is 30.2. The highest BCUT2D eigenvalue weighted by Gasteiger charge is 2.22. The van der Waals surface area contributed by atoms with Crippen LogP contribution in [0.25, 0.3) is 0 Å². The highest BCUT2D eigenvalue weighted by Crippen LogP contribution is 2.28. The zero-order chi connectivity index (χ0) is 28.2. The van der Waals surface area contributed by atoms with Gasteiger partial charge in [0.25, 0.3) is 0 Å². The summed E-state index contributed by atoms with van der Waals surface area (Å²) in [6.07, 6.45) is 3.44. The van der Waals surface area contributed by atoms with Crippen molar-refractivity contribution in [2.45, 2.75) is 53.0 Å². The van der Waals surface area contributed by atoms with Crippen LogP contribution < -0.4 is 14.8 Å². The quantitative estimate of drug-likeness (QED) is 0.248. The third kappa shape index (κ3) is 9.09. The van der Waals surface area contributed by atoms with E-state index in [9.17, 15) is 9.59 Å². The van der Waals surface area contributed by atoms with Crippen molar-refractivity contribution >= 4 is 17.6 Å². The monoisotopic (exact) mass is 535 g/mol. The predicted molar refractivity (Wildman–Crippen MR) is 153 cm³/mol. The Morgan fingerprint density at radius 3 is 2.26 bits per heavy atom.